The van der Waals surface area contributed by atoms with Gasteiger partial charge in [0.15, 0.2) is 11.4 Å². The molecule has 5 nitrogen and oxygen atoms in total. The van der Waals surface area contributed by atoms with Crippen molar-refractivity contribution < 1.29 is 14.7 Å². The van der Waals surface area contributed by atoms with Crippen LogP contribution in [0.3, 0.4) is 0 Å². The van der Waals surface area contributed by atoms with Crippen molar-refractivity contribution in [3.8, 4) is 5.69 Å². The molecule has 0 fully saturated rings. The maximum absolute atomic E-state index is 12.8. The first-order chi connectivity index (χ1) is 12.9. The molecule has 27 heavy (non-hydrogen) atoms. The van der Waals surface area contributed by atoms with Crippen LogP contribution in [0.2, 0.25) is 10.0 Å². The maximum Gasteiger partial charge on any atom is 0.261 e. The molecule has 2 heterocycles. The number of Topliss-reactive ketones (excluding diaryl/α,β-unsaturated/α-hetero) is 1. The molecule has 3 aromatic rings. The van der Waals surface area contributed by atoms with Crippen molar-refractivity contribution in [3.05, 3.63) is 82.1 Å². The number of carbonyl (C=O) groups excluding carboxylic acids is 2. The first kappa shape index (κ1) is 17.8. The molecule has 2 aromatic carbocycles. The van der Waals surface area contributed by atoms with E-state index in [1.54, 1.807) is 18.2 Å². The van der Waals surface area contributed by atoms with Crippen LogP contribution in [0, 0.1) is 0 Å². The summed E-state index contributed by atoms with van der Waals surface area (Å²) in [6.45, 7) is 0. The van der Waals surface area contributed by atoms with Gasteiger partial charge in [-0.05, 0) is 36.4 Å². The second kappa shape index (κ2) is 6.53. The Labute approximate surface area is 165 Å². The Kier molecular flexibility index (Phi) is 4.30. The van der Waals surface area contributed by atoms with Gasteiger partial charge in [0, 0.05) is 34.2 Å². The van der Waals surface area contributed by atoms with Crippen molar-refractivity contribution in [2.45, 2.75) is 12.0 Å². The zero-order valence-corrected chi connectivity index (χ0v) is 15.5. The number of fused-ring (bicyclic) bond motifs is 1. The molecule has 4 rings (SSSR count). The fourth-order valence-electron chi connectivity index (χ4n) is 3.28. The van der Waals surface area contributed by atoms with Gasteiger partial charge in [0.2, 0.25) is 0 Å². The third-order valence-corrected chi connectivity index (χ3v) is 5.10. The average molecular weight is 401 g/mol. The summed E-state index contributed by atoms with van der Waals surface area (Å²) in [5, 5.41) is 14.0. The summed E-state index contributed by atoms with van der Waals surface area (Å²) in [6, 6.07) is 13.7. The van der Waals surface area contributed by atoms with Crippen molar-refractivity contribution >= 4 is 40.6 Å². The molecule has 0 saturated heterocycles. The van der Waals surface area contributed by atoms with Gasteiger partial charge in [-0.2, -0.15) is 0 Å². The number of nitrogens with zero attached hydrogens (tertiary/aromatic N) is 1. The molecule has 0 spiro atoms. The standard InChI is InChI=1S/C20H14Cl2N2O3/c21-13-9-15(22)18-16(10-13)23-19(26)20(18,27)11-17(25)12-4-3-5-14(8-12)24-6-1-2-7-24/h1-10,27H,11H2,(H,23,26)/t20-/m0/s1. The van der Waals surface area contributed by atoms with E-state index in [4.69, 9.17) is 23.2 Å². The number of amides is 1. The van der Waals surface area contributed by atoms with Gasteiger partial charge in [-0.25, -0.2) is 0 Å². The zero-order chi connectivity index (χ0) is 19.2. The molecule has 1 amide bonds. The minimum absolute atomic E-state index is 0.132. The Bertz CT molecular complexity index is 1060. The topological polar surface area (TPSA) is 71.3 Å². The number of benzene rings is 2. The fourth-order valence-corrected chi connectivity index (χ4v) is 3.93. The van der Waals surface area contributed by atoms with Gasteiger partial charge >= 0.3 is 0 Å². The molecule has 0 aliphatic carbocycles. The number of nitrogens with one attached hydrogen (secondary N) is 1. The number of aliphatic hydroxyl groups is 1. The highest BCUT2D eigenvalue weighted by Crippen LogP contribution is 2.44. The minimum atomic E-state index is -2.04. The number of halogens is 2. The predicted octanol–water partition coefficient (Wildman–Crippen LogP) is 4.20. The van der Waals surface area contributed by atoms with Crippen LogP contribution in [0.1, 0.15) is 22.3 Å². The van der Waals surface area contributed by atoms with Crippen LogP contribution in [0.5, 0.6) is 0 Å². The SMILES string of the molecule is O=C(C[C@@]1(O)C(=O)Nc2cc(Cl)cc(Cl)c21)c1cccc(-n2cccc2)c1. The second-order valence-corrected chi connectivity index (χ2v) is 7.21. The maximum atomic E-state index is 12.8. The molecule has 1 atom stereocenters. The summed E-state index contributed by atoms with van der Waals surface area (Å²) in [6.07, 6.45) is 3.30. The number of anilines is 1. The monoisotopic (exact) mass is 400 g/mol. The lowest BCUT2D eigenvalue weighted by atomic mass is 9.88. The van der Waals surface area contributed by atoms with E-state index in [-0.39, 0.29) is 16.4 Å². The summed E-state index contributed by atoms with van der Waals surface area (Å²) < 4.78 is 1.86. The van der Waals surface area contributed by atoms with E-state index in [9.17, 15) is 14.7 Å². The molecular weight excluding hydrogens is 387 g/mol. The van der Waals surface area contributed by atoms with E-state index >= 15 is 0 Å². The molecule has 1 aliphatic rings. The normalized spacial score (nSPS) is 18.3. The van der Waals surface area contributed by atoms with E-state index < -0.39 is 17.9 Å². The number of hydrogen-bond donors (Lipinski definition) is 2. The van der Waals surface area contributed by atoms with Crippen LogP contribution in [-0.2, 0) is 10.4 Å². The quantitative estimate of drug-likeness (QED) is 0.644. The van der Waals surface area contributed by atoms with Crippen molar-refractivity contribution in [2.24, 2.45) is 0 Å². The molecule has 0 unspecified atom stereocenters. The van der Waals surface area contributed by atoms with Crippen molar-refractivity contribution in [1.82, 2.24) is 4.57 Å². The van der Waals surface area contributed by atoms with E-state index in [0.717, 1.165) is 5.69 Å². The first-order valence-corrected chi connectivity index (χ1v) is 8.94. The molecule has 2 N–H and O–H groups in total. The van der Waals surface area contributed by atoms with E-state index in [0.29, 0.717) is 16.3 Å². The zero-order valence-electron chi connectivity index (χ0n) is 13.9. The van der Waals surface area contributed by atoms with Crippen LogP contribution >= 0.6 is 23.2 Å². The Morgan fingerprint density at radius 2 is 1.85 bits per heavy atom. The fraction of sp³-hybridized carbons (Fsp3) is 0.100. The third kappa shape index (κ3) is 3.04. The summed E-state index contributed by atoms with van der Waals surface area (Å²) in [4.78, 5) is 25.3. The third-order valence-electron chi connectivity index (χ3n) is 4.58. The van der Waals surface area contributed by atoms with E-state index in [1.165, 1.54) is 12.1 Å². The summed E-state index contributed by atoms with van der Waals surface area (Å²) >= 11 is 12.1. The van der Waals surface area contributed by atoms with Gasteiger partial charge in [-0.1, -0.05) is 35.3 Å². The van der Waals surface area contributed by atoms with Crippen molar-refractivity contribution in [2.75, 3.05) is 5.32 Å². The van der Waals surface area contributed by atoms with Gasteiger partial charge in [0.1, 0.15) is 0 Å². The van der Waals surface area contributed by atoms with Crippen LogP contribution < -0.4 is 5.32 Å². The Balaban J connectivity index is 1.68. The second-order valence-electron chi connectivity index (χ2n) is 6.37. The highest BCUT2D eigenvalue weighted by molar-refractivity contribution is 6.36. The lowest BCUT2D eigenvalue weighted by molar-refractivity contribution is -0.133. The summed E-state index contributed by atoms with van der Waals surface area (Å²) in [5.74, 6) is -1.07. The van der Waals surface area contributed by atoms with Gasteiger partial charge < -0.3 is 15.0 Å². The minimum Gasteiger partial charge on any atom is -0.375 e. The molecule has 0 radical (unpaired) electrons. The molecule has 7 heteroatoms. The number of hydrogen-bond acceptors (Lipinski definition) is 3. The molecular formula is C20H14Cl2N2O3. The van der Waals surface area contributed by atoms with Gasteiger partial charge in [0.25, 0.3) is 5.91 Å². The van der Waals surface area contributed by atoms with Gasteiger partial charge in [0.05, 0.1) is 17.1 Å². The van der Waals surface area contributed by atoms with Crippen molar-refractivity contribution in [1.29, 1.82) is 0 Å². The highest BCUT2D eigenvalue weighted by atomic mass is 35.5. The Morgan fingerprint density at radius 1 is 1.11 bits per heavy atom. The lowest BCUT2D eigenvalue weighted by Gasteiger charge is -2.21. The molecule has 1 aromatic heterocycles. The molecule has 0 saturated carbocycles. The summed E-state index contributed by atoms with van der Waals surface area (Å²) in [5.41, 5.74) is -0.361. The van der Waals surface area contributed by atoms with E-state index in [1.807, 2.05) is 35.2 Å². The van der Waals surface area contributed by atoms with Crippen LogP contribution in [0.25, 0.3) is 5.69 Å². The van der Waals surface area contributed by atoms with Gasteiger partial charge in [-0.3, -0.25) is 9.59 Å². The Hall–Kier alpha value is -2.60. The van der Waals surface area contributed by atoms with Crippen LogP contribution in [0.4, 0.5) is 5.69 Å². The number of ketones is 1. The molecule has 0 bridgehead atoms. The van der Waals surface area contributed by atoms with Crippen LogP contribution in [-0.4, -0.2) is 21.4 Å². The number of aromatic nitrogens is 1. The number of carbonyl (C=O) groups is 2. The first-order valence-electron chi connectivity index (χ1n) is 8.18. The smallest absolute Gasteiger partial charge is 0.261 e. The Morgan fingerprint density at radius 3 is 2.59 bits per heavy atom. The number of rotatable bonds is 4. The molecule has 1 aliphatic heterocycles. The van der Waals surface area contributed by atoms with Crippen LogP contribution in [0.15, 0.2) is 60.9 Å². The van der Waals surface area contributed by atoms with Crippen molar-refractivity contribution in [3.63, 3.8) is 0 Å². The highest BCUT2D eigenvalue weighted by Gasteiger charge is 2.48. The van der Waals surface area contributed by atoms with Gasteiger partial charge in [-0.15, -0.1) is 0 Å². The summed E-state index contributed by atoms with van der Waals surface area (Å²) in [7, 11) is 0. The largest absolute Gasteiger partial charge is 0.375 e. The molecule has 136 valence electrons. The average Bonchev–Trinajstić information content (AvgIpc) is 3.22. The predicted molar refractivity (Wildman–Crippen MR) is 104 cm³/mol. The lowest BCUT2D eigenvalue weighted by Crippen LogP contribution is -2.36. The van der Waals surface area contributed by atoms with E-state index in [2.05, 4.69) is 5.32 Å².